The molecule has 0 radical (unpaired) electrons. The smallest absolute Gasteiger partial charge is 0.462 e. The molecule has 17 nitrogen and oxygen atoms in total. The van der Waals surface area contributed by atoms with Gasteiger partial charge >= 0.3 is 39.5 Å². The minimum absolute atomic E-state index is 0.105. The Balaban J connectivity index is 5.16. The Hall–Kier alpha value is -1.94. The second-order valence-electron chi connectivity index (χ2n) is 25.5. The first kappa shape index (κ1) is 85.1. The predicted octanol–water partition coefficient (Wildman–Crippen LogP) is 19.2. The summed E-state index contributed by atoms with van der Waals surface area (Å²) in [7, 11) is -9.89. The van der Waals surface area contributed by atoms with E-state index in [0.717, 1.165) is 115 Å². The van der Waals surface area contributed by atoms with Crippen molar-refractivity contribution in [2.24, 2.45) is 11.8 Å². The molecule has 0 aromatic heterocycles. The summed E-state index contributed by atoms with van der Waals surface area (Å²) in [6.45, 7) is 9.49. The fourth-order valence-electron chi connectivity index (χ4n) is 10.2. The van der Waals surface area contributed by atoms with Gasteiger partial charge in [-0.1, -0.05) is 292 Å². The second-order valence-corrected chi connectivity index (χ2v) is 28.4. The van der Waals surface area contributed by atoms with Crippen molar-refractivity contribution in [2.75, 3.05) is 39.6 Å². The molecular weight excluding hydrogens is 1150 g/mol. The first-order valence-corrected chi connectivity index (χ1v) is 38.5. The number of ether oxygens (including phenoxy) is 4. The Bertz CT molecular complexity index is 1700. The van der Waals surface area contributed by atoms with Crippen molar-refractivity contribution in [3.05, 3.63) is 0 Å². The van der Waals surface area contributed by atoms with Gasteiger partial charge in [-0.05, 0) is 37.5 Å². The fourth-order valence-corrected chi connectivity index (χ4v) is 11.8. The van der Waals surface area contributed by atoms with Crippen LogP contribution in [0, 0.1) is 11.8 Å². The number of hydrogen-bond donors (Lipinski definition) is 3. The number of phosphoric ester groups is 2. The number of aliphatic hydroxyl groups is 1. The maximum absolute atomic E-state index is 13.0. The van der Waals surface area contributed by atoms with E-state index in [-0.39, 0.29) is 25.7 Å². The minimum Gasteiger partial charge on any atom is -0.462 e. The average molecular weight is 1280 g/mol. The van der Waals surface area contributed by atoms with Crippen LogP contribution in [-0.2, 0) is 65.4 Å². The van der Waals surface area contributed by atoms with E-state index in [0.29, 0.717) is 25.7 Å². The zero-order valence-electron chi connectivity index (χ0n) is 56.3. The molecule has 0 aromatic rings. The van der Waals surface area contributed by atoms with E-state index < -0.39 is 97.5 Å². The van der Waals surface area contributed by atoms with Gasteiger partial charge in [0, 0.05) is 25.7 Å². The third-order valence-corrected chi connectivity index (χ3v) is 17.6. The quantitative estimate of drug-likeness (QED) is 0.0222. The van der Waals surface area contributed by atoms with E-state index >= 15 is 0 Å². The van der Waals surface area contributed by atoms with Gasteiger partial charge in [0.05, 0.1) is 26.4 Å². The minimum atomic E-state index is -4.95. The summed E-state index contributed by atoms with van der Waals surface area (Å²) in [5.41, 5.74) is 0. The highest BCUT2D eigenvalue weighted by atomic mass is 31.2. The summed E-state index contributed by atoms with van der Waals surface area (Å²) < 4.78 is 68.0. The summed E-state index contributed by atoms with van der Waals surface area (Å²) in [4.78, 5) is 72.2. The van der Waals surface area contributed by atoms with Crippen LogP contribution >= 0.6 is 15.6 Å². The molecule has 87 heavy (non-hydrogen) atoms. The van der Waals surface area contributed by atoms with Gasteiger partial charge in [0.1, 0.15) is 19.3 Å². The first-order chi connectivity index (χ1) is 41.9. The lowest BCUT2D eigenvalue weighted by atomic mass is 10.0. The standard InChI is InChI=1S/C68H132O17P2/c1-7-9-11-13-15-32-38-44-50-65(70)78-56-63(84-67(72)52-46-40-33-16-14-12-10-8-2)58-82-86(74,75)80-54-62(69)55-81-87(76,77)83-59-64(57-79-66(71)51-45-39-34-29-25-27-31-37-43-49-61(5)6)85-68(73)53-47-41-35-28-24-22-20-18-17-19-21-23-26-30-36-42-48-60(3)4/h60-64,69H,7-59H2,1-6H3,(H,74,75)(H,76,77)/t62-,63+,64+/m0/s1. The predicted molar refractivity (Wildman–Crippen MR) is 349 cm³/mol. The van der Waals surface area contributed by atoms with E-state index in [1.165, 1.54) is 148 Å². The molecule has 0 bridgehead atoms. The van der Waals surface area contributed by atoms with Crippen LogP contribution in [0.4, 0.5) is 0 Å². The highest BCUT2D eigenvalue weighted by Crippen LogP contribution is 2.45. The molecule has 0 rings (SSSR count). The Morgan fingerprint density at radius 1 is 0.310 bits per heavy atom. The van der Waals surface area contributed by atoms with Crippen LogP contribution in [-0.4, -0.2) is 96.7 Å². The fraction of sp³-hybridized carbons (Fsp3) is 0.941. The molecule has 0 saturated heterocycles. The van der Waals surface area contributed by atoms with Crippen molar-refractivity contribution in [2.45, 2.75) is 362 Å². The van der Waals surface area contributed by atoms with Crippen molar-refractivity contribution in [1.29, 1.82) is 0 Å². The van der Waals surface area contributed by atoms with Crippen LogP contribution in [0.25, 0.3) is 0 Å². The molecule has 5 atom stereocenters. The highest BCUT2D eigenvalue weighted by Gasteiger charge is 2.30. The van der Waals surface area contributed by atoms with Gasteiger partial charge in [-0.2, -0.15) is 0 Å². The summed E-state index contributed by atoms with van der Waals surface area (Å²) in [6, 6.07) is 0. The number of carbonyl (C=O) groups excluding carboxylic acids is 4. The lowest BCUT2D eigenvalue weighted by Gasteiger charge is -2.21. The van der Waals surface area contributed by atoms with Gasteiger partial charge in [-0.3, -0.25) is 37.3 Å². The lowest BCUT2D eigenvalue weighted by Crippen LogP contribution is -2.30. The van der Waals surface area contributed by atoms with Crippen LogP contribution in [0.1, 0.15) is 343 Å². The van der Waals surface area contributed by atoms with E-state index in [1.807, 2.05) is 0 Å². The Morgan fingerprint density at radius 2 is 0.529 bits per heavy atom. The molecular formula is C68H132O17P2. The summed E-state index contributed by atoms with van der Waals surface area (Å²) in [5, 5.41) is 10.5. The number of esters is 4. The van der Waals surface area contributed by atoms with Crippen LogP contribution in [0.3, 0.4) is 0 Å². The maximum atomic E-state index is 13.0. The first-order valence-electron chi connectivity index (χ1n) is 35.5. The van der Waals surface area contributed by atoms with Crippen molar-refractivity contribution < 1.29 is 80.2 Å². The number of unbranched alkanes of at least 4 members (excludes halogenated alkanes) is 37. The number of hydrogen-bond acceptors (Lipinski definition) is 15. The summed E-state index contributed by atoms with van der Waals surface area (Å²) in [5.74, 6) is -0.580. The van der Waals surface area contributed by atoms with E-state index in [2.05, 4.69) is 41.5 Å². The Kier molecular flexibility index (Phi) is 59.0. The highest BCUT2D eigenvalue weighted by molar-refractivity contribution is 7.47. The number of rotatable bonds is 67. The Labute approximate surface area is 530 Å². The van der Waals surface area contributed by atoms with Crippen LogP contribution in [0.2, 0.25) is 0 Å². The zero-order valence-corrected chi connectivity index (χ0v) is 58.1. The molecule has 0 aliphatic carbocycles. The van der Waals surface area contributed by atoms with Crippen LogP contribution in [0.5, 0.6) is 0 Å². The molecule has 2 unspecified atom stereocenters. The van der Waals surface area contributed by atoms with E-state index in [1.54, 1.807) is 0 Å². The summed E-state index contributed by atoms with van der Waals surface area (Å²) >= 11 is 0. The van der Waals surface area contributed by atoms with Gasteiger partial charge in [-0.15, -0.1) is 0 Å². The van der Waals surface area contributed by atoms with Gasteiger partial charge < -0.3 is 33.8 Å². The largest absolute Gasteiger partial charge is 0.472 e. The topological polar surface area (TPSA) is 237 Å². The maximum Gasteiger partial charge on any atom is 0.472 e. The molecule has 0 saturated carbocycles. The second kappa shape index (κ2) is 60.3. The van der Waals surface area contributed by atoms with Gasteiger partial charge in [0.25, 0.3) is 0 Å². The molecule has 19 heteroatoms. The number of aliphatic hydroxyl groups excluding tert-OH is 1. The van der Waals surface area contributed by atoms with Crippen molar-refractivity contribution >= 4 is 39.5 Å². The molecule has 516 valence electrons. The number of phosphoric acid groups is 2. The Morgan fingerprint density at radius 3 is 0.782 bits per heavy atom. The molecule has 0 aromatic carbocycles. The van der Waals surface area contributed by atoms with Crippen molar-refractivity contribution in [1.82, 2.24) is 0 Å². The average Bonchev–Trinajstić information content (AvgIpc) is 3.68. The van der Waals surface area contributed by atoms with Gasteiger partial charge in [0.15, 0.2) is 12.2 Å². The third-order valence-electron chi connectivity index (χ3n) is 15.7. The lowest BCUT2D eigenvalue weighted by molar-refractivity contribution is -0.161. The normalized spacial score (nSPS) is 14.2. The molecule has 0 aliphatic rings. The molecule has 3 N–H and O–H groups in total. The summed E-state index contributed by atoms with van der Waals surface area (Å²) in [6.07, 6.45) is 44.6. The van der Waals surface area contributed by atoms with Crippen molar-refractivity contribution in [3.63, 3.8) is 0 Å². The third kappa shape index (κ3) is 62.6. The molecule has 0 amide bonds. The van der Waals surface area contributed by atoms with Gasteiger partial charge in [-0.25, -0.2) is 9.13 Å². The van der Waals surface area contributed by atoms with Gasteiger partial charge in [0.2, 0.25) is 0 Å². The molecule has 0 fully saturated rings. The van der Waals surface area contributed by atoms with Crippen LogP contribution in [0.15, 0.2) is 0 Å². The SMILES string of the molecule is CCCCCCCCCCC(=O)OC[C@H](COP(=O)(O)OC[C@H](O)COP(=O)(O)OC[C@@H](COC(=O)CCCCCCCCCCCC(C)C)OC(=O)CCCCCCCCCCCCCCCCCCC(C)C)OC(=O)CCCCCCCCCC. The number of carbonyl (C=O) groups is 4. The molecule has 0 heterocycles. The zero-order chi connectivity index (χ0) is 64.3. The van der Waals surface area contributed by atoms with Crippen LogP contribution < -0.4 is 0 Å². The monoisotopic (exact) mass is 1280 g/mol. The van der Waals surface area contributed by atoms with E-state index in [9.17, 15) is 43.2 Å². The molecule has 0 spiro atoms. The van der Waals surface area contributed by atoms with Crippen molar-refractivity contribution in [3.8, 4) is 0 Å². The van der Waals surface area contributed by atoms with E-state index in [4.69, 9.17) is 37.0 Å². The molecule has 0 aliphatic heterocycles.